The molecule has 0 spiro atoms. The van der Waals surface area contributed by atoms with E-state index in [1.54, 1.807) is 18.3 Å². The van der Waals surface area contributed by atoms with Crippen molar-refractivity contribution in [3.8, 4) is 0 Å². The number of nitrogens with one attached hydrogen (secondary N) is 1. The van der Waals surface area contributed by atoms with Gasteiger partial charge in [0.15, 0.2) is 0 Å². The van der Waals surface area contributed by atoms with E-state index in [-0.39, 0.29) is 35.5 Å². The van der Waals surface area contributed by atoms with E-state index >= 15 is 0 Å². The molecule has 6 nitrogen and oxygen atoms in total. The van der Waals surface area contributed by atoms with Crippen LogP contribution < -0.4 is 5.32 Å². The summed E-state index contributed by atoms with van der Waals surface area (Å²) in [5.74, 6) is -0.233. The van der Waals surface area contributed by atoms with Gasteiger partial charge in [0.25, 0.3) is 0 Å². The Bertz CT molecular complexity index is 839. The Labute approximate surface area is 161 Å². The summed E-state index contributed by atoms with van der Waals surface area (Å²) in [6.45, 7) is 1.24. The van der Waals surface area contributed by atoms with Crippen LogP contribution in [0.15, 0.2) is 30.6 Å². The number of aliphatic hydroxyl groups excluding tert-OH is 1. The smallest absolute Gasteiger partial charge is 0.227 e. The fourth-order valence-electron chi connectivity index (χ4n) is 3.60. The Hall–Kier alpha value is -1.96. The van der Waals surface area contributed by atoms with Crippen LogP contribution in [0.2, 0.25) is 5.02 Å². The second kappa shape index (κ2) is 7.58. The van der Waals surface area contributed by atoms with Gasteiger partial charge in [-0.15, -0.1) is 0 Å². The maximum absolute atomic E-state index is 13.7. The molecule has 1 aromatic carbocycles. The third-order valence-electron chi connectivity index (χ3n) is 5.28. The van der Waals surface area contributed by atoms with Crippen molar-refractivity contribution in [3.63, 3.8) is 0 Å². The van der Waals surface area contributed by atoms with Gasteiger partial charge in [-0.1, -0.05) is 17.7 Å². The zero-order chi connectivity index (χ0) is 19.0. The molecule has 1 saturated carbocycles. The van der Waals surface area contributed by atoms with Crippen LogP contribution >= 0.6 is 11.6 Å². The molecular weight excluding hydrogens is 371 g/mol. The fraction of sp³-hybridized carbons (Fsp3) is 0.474. The molecule has 2 heterocycles. The van der Waals surface area contributed by atoms with Crippen LogP contribution in [0.5, 0.6) is 0 Å². The highest BCUT2D eigenvalue weighted by Crippen LogP contribution is 2.31. The Balaban J connectivity index is 1.42. The quantitative estimate of drug-likeness (QED) is 0.793. The molecule has 27 heavy (non-hydrogen) atoms. The summed E-state index contributed by atoms with van der Waals surface area (Å²) in [4.78, 5) is 14.0. The number of rotatable bonds is 6. The molecule has 2 N–H and O–H groups in total. The lowest BCUT2D eigenvalue weighted by Gasteiger charge is -2.22. The van der Waals surface area contributed by atoms with Crippen LogP contribution in [-0.2, 0) is 11.3 Å². The summed E-state index contributed by atoms with van der Waals surface area (Å²) in [6, 6.07) is 4.85. The normalized spacial score (nSPS) is 22.9. The van der Waals surface area contributed by atoms with E-state index in [9.17, 15) is 14.3 Å². The number of carbonyl (C=O) groups is 1. The number of likely N-dealkylation sites (tertiary alicyclic amines) is 1. The molecule has 1 aromatic heterocycles. The van der Waals surface area contributed by atoms with E-state index in [1.165, 1.54) is 6.07 Å². The molecule has 8 heteroatoms. The highest BCUT2D eigenvalue weighted by molar-refractivity contribution is 6.30. The minimum absolute atomic E-state index is 0.0255. The highest BCUT2D eigenvalue weighted by atomic mass is 35.5. The lowest BCUT2D eigenvalue weighted by Crippen LogP contribution is -2.31. The molecule has 0 bridgehead atoms. The number of nitrogens with zero attached hydrogens (tertiary/aromatic N) is 3. The van der Waals surface area contributed by atoms with Crippen LogP contribution in [0.4, 0.5) is 10.1 Å². The zero-order valence-electron chi connectivity index (χ0n) is 14.8. The molecule has 2 aliphatic rings. The van der Waals surface area contributed by atoms with Gasteiger partial charge in [0.1, 0.15) is 5.82 Å². The molecule has 2 aromatic rings. The van der Waals surface area contributed by atoms with Crippen LogP contribution in [-0.4, -0.2) is 44.9 Å². The zero-order valence-corrected chi connectivity index (χ0v) is 15.6. The second-order valence-electron chi connectivity index (χ2n) is 7.38. The van der Waals surface area contributed by atoms with Gasteiger partial charge in [0, 0.05) is 31.2 Å². The van der Waals surface area contributed by atoms with Crippen molar-refractivity contribution in [1.82, 2.24) is 14.7 Å². The van der Waals surface area contributed by atoms with Gasteiger partial charge in [-0.3, -0.25) is 14.4 Å². The maximum Gasteiger partial charge on any atom is 0.227 e. The topological polar surface area (TPSA) is 70.4 Å². The van der Waals surface area contributed by atoms with Crippen molar-refractivity contribution >= 4 is 23.2 Å². The predicted octanol–water partition coefficient (Wildman–Crippen LogP) is 2.83. The molecule has 2 fully saturated rings. The number of benzene rings is 1. The standard InChI is InChI=1S/C19H22ClFN4O2/c20-17-4-1-12(5-18(17)21)8-24-10-15(6-16(24)11-26)25-9-14(7-22-25)23-19(27)13-2-3-13/h1,4-5,7,9,13,15-16,26H,2-3,6,8,10-11H2,(H,23,27)/t15-,16-/m0/s1. The van der Waals surface area contributed by atoms with E-state index in [2.05, 4.69) is 15.3 Å². The van der Waals surface area contributed by atoms with E-state index in [1.807, 2.05) is 10.9 Å². The van der Waals surface area contributed by atoms with Crippen molar-refractivity contribution in [1.29, 1.82) is 0 Å². The van der Waals surface area contributed by atoms with Crippen molar-refractivity contribution in [2.75, 3.05) is 18.5 Å². The Morgan fingerprint density at radius 2 is 2.22 bits per heavy atom. The van der Waals surface area contributed by atoms with Gasteiger partial charge < -0.3 is 10.4 Å². The van der Waals surface area contributed by atoms with Crippen LogP contribution in [0.3, 0.4) is 0 Å². The lowest BCUT2D eigenvalue weighted by atomic mass is 10.1. The minimum atomic E-state index is -0.436. The first-order valence-electron chi connectivity index (χ1n) is 9.17. The summed E-state index contributed by atoms with van der Waals surface area (Å²) in [5.41, 5.74) is 1.51. The van der Waals surface area contributed by atoms with Gasteiger partial charge >= 0.3 is 0 Å². The van der Waals surface area contributed by atoms with Crippen LogP contribution in [0, 0.1) is 11.7 Å². The number of hydrogen-bond donors (Lipinski definition) is 2. The van der Waals surface area contributed by atoms with Gasteiger partial charge in [0.2, 0.25) is 5.91 Å². The Morgan fingerprint density at radius 3 is 2.93 bits per heavy atom. The Kier molecular flexibility index (Phi) is 5.16. The first-order chi connectivity index (χ1) is 13.0. The van der Waals surface area contributed by atoms with Crippen molar-refractivity contribution < 1.29 is 14.3 Å². The first-order valence-corrected chi connectivity index (χ1v) is 9.55. The highest BCUT2D eigenvalue weighted by Gasteiger charge is 2.34. The van der Waals surface area contributed by atoms with Gasteiger partial charge in [-0.25, -0.2) is 4.39 Å². The predicted molar refractivity (Wildman–Crippen MR) is 99.9 cm³/mol. The van der Waals surface area contributed by atoms with Crippen LogP contribution in [0.1, 0.15) is 30.9 Å². The lowest BCUT2D eigenvalue weighted by molar-refractivity contribution is -0.117. The average Bonchev–Trinajstić information content (AvgIpc) is 3.28. The summed E-state index contributed by atoms with van der Waals surface area (Å²) in [6.07, 6.45) is 6.16. The molecule has 1 amide bonds. The van der Waals surface area contributed by atoms with E-state index in [4.69, 9.17) is 11.6 Å². The summed E-state index contributed by atoms with van der Waals surface area (Å²) >= 11 is 5.75. The molecule has 4 rings (SSSR count). The molecule has 144 valence electrons. The molecule has 0 radical (unpaired) electrons. The number of carbonyl (C=O) groups excluding carboxylic acids is 1. The molecule has 0 unspecified atom stereocenters. The average molecular weight is 393 g/mol. The van der Waals surface area contributed by atoms with E-state index in [0.717, 1.165) is 24.8 Å². The van der Waals surface area contributed by atoms with Gasteiger partial charge in [-0.2, -0.15) is 5.10 Å². The number of aromatic nitrogens is 2. The van der Waals surface area contributed by atoms with Crippen molar-refractivity contribution in [2.45, 2.75) is 37.9 Å². The van der Waals surface area contributed by atoms with E-state index < -0.39 is 5.82 Å². The van der Waals surface area contributed by atoms with Gasteiger partial charge in [0.05, 0.1) is 29.6 Å². The summed E-state index contributed by atoms with van der Waals surface area (Å²) in [5, 5.41) is 17.1. The monoisotopic (exact) mass is 392 g/mol. The minimum Gasteiger partial charge on any atom is -0.395 e. The largest absolute Gasteiger partial charge is 0.395 e. The second-order valence-corrected chi connectivity index (χ2v) is 7.78. The third-order valence-corrected chi connectivity index (χ3v) is 5.58. The first kappa shape index (κ1) is 18.4. The third kappa shape index (κ3) is 4.15. The number of halogens is 2. The van der Waals surface area contributed by atoms with Crippen LogP contribution in [0.25, 0.3) is 0 Å². The van der Waals surface area contributed by atoms with Crippen molar-refractivity contribution in [2.24, 2.45) is 5.92 Å². The molecule has 1 saturated heterocycles. The molecule has 1 aliphatic heterocycles. The SMILES string of the molecule is O=C(Nc1cnn([C@H]2C[C@@H](CO)N(Cc3ccc(Cl)c(F)c3)C2)c1)C1CC1. The Morgan fingerprint density at radius 1 is 1.41 bits per heavy atom. The number of amides is 1. The summed E-state index contributed by atoms with van der Waals surface area (Å²) in [7, 11) is 0. The molecule has 1 aliphatic carbocycles. The summed E-state index contributed by atoms with van der Waals surface area (Å²) < 4.78 is 15.5. The number of hydrogen-bond acceptors (Lipinski definition) is 4. The molecule has 2 atom stereocenters. The number of anilines is 1. The van der Waals surface area contributed by atoms with E-state index in [0.29, 0.717) is 18.8 Å². The fourth-order valence-corrected chi connectivity index (χ4v) is 3.71. The molecular formula is C19H22ClFN4O2. The van der Waals surface area contributed by atoms with Gasteiger partial charge in [-0.05, 0) is 37.0 Å². The number of aliphatic hydroxyl groups is 1. The maximum atomic E-state index is 13.7. The van der Waals surface area contributed by atoms with Crippen molar-refractivity contribution in [3.05, 3.63) is 47.0 Å².